The fourth-order valence-electron chi connectivity index (χ4n) is 1.12. The Hall–Kier alpha value is -1.65. The molecule has 17 heavy (non-hydrogen) atoms. The van der Waals surface area contributed by atoms with Crippen molar-refractivity contribution in [3.05, 3.63) is 29.3 Å². The van der Waals surface area contributed by atoms with E-state index in [0.29, 0.717) is 0 Å². The minimum atomic E-state index is -1.08. The van der Waals surface area contributed by atoms with E-state index in [1.807, 2.05) is 13.8 Å². The molecule has 0 amide bonds. The van der Waals surface area contributed by atoms with Crippen LogP contribution in [-0.4, -0.2) is 12.1 Å². The quantitative estimate of drug-likeness (QED) is 0.656. The van der Waals surface area contributed by atoms with Gasteiger partial charge in [-0.25, -0.2) is 13.6 Å². The Balaban J connectivity index is 3.01. The molecule has 0 spiro atoms. The van der Waals surface area contributed by atoms with Gasteiger partial charge in [-0.05, 0) is 25.0 Å². The molecule has 1 unspecified atom stereocenters. The molecule has 3 nitrogen and oxygen atoms in total. The molecule has 0 saturated carbocycles. The number of halogens is 2. The van der Waals surface area contributed by atoms with Crippen LogP contribution in [-0.2, 0) is 4.74 Å². The standard InChI is InChI=1S/C12H15F2NO2/c1-6(2)7(3)17-12(16)10-8(13)4-5-9(15)11(10)14/h4-7H,15H2,1-3H3. The van der Waals surface area contributed by atoms with Gasteiger partial charge in [0.05, 0.1) is 5.69 Å². The third kappa shape index (κ3) is 2.93. The molecule has 0 saturated heterocycles. The lowest BCUT2D eigenvalue weighted by atomic mass is 10.1. The summed E-state index contributed by atoms with van der Waals surface area (Å²) in [6, 6.07) is 2.00. The average molecular weight is 243 g/mol. The first-order valence-electron chi connectivity index (χ1n) is 5.29. The molecule has 0 aliphatic carbocycles. The van der Waals surface area contributed by atoms with Crippen molar-refractivity contribution in [1.82, 2.24) is 0 Å². The van der Waals surface area contributed by atoms with Crippen LogP contribution >= 0.6 is 0 Å². The number of rotatable bonds is 3. The number of nitrogens with two attached hydrogens (primary N) is 1. The lowest BCUT2D eigenvalue weighted by Crippen LogP contribution is -2.22. The second-order valence-electron chi connectivity index (χ2n) is 4.18. The number of nitrogen functional groups attached to an aromatic ring is 1. The predicted molar refractivity (Wildman–Crippen MR) is 60.5 cm³/mol. The topological polar surface area (TPSA) is 52.3 Å². The molecule has 0 fully saturated rings. The first-order chi connectivity index (χ1) is 7.84. The van der Waals surface area contributed by atoms with Gasteiger partial charge in [-0.2, -0.15) is 0 Å². The summed E-state index contributed by atoms with van der Waals surface area (Å²) >= 11 is 0. The highest BCUT2D eigenvalue weighted by Gasteiger charge is 2.23. The van der Waals surface area contributed by atoms with Gasteiger partial charge >= 0.3 is 5.97 Å². The van der Waals surface area contributed by atoms with Crippen LogP contribution in [0, 0.1) is 17.6 Å². The number of hydrogen-bond acceptors (Lipinski definition) is 3. The van der Waals surface area contributed by atoms with Crippen molar-refractivity contribution in [2.45, 2.75) is 26.9 Å². The highest BCUT2D eigenvalue weighted by molar-refractivity contribution is 5.91. The van der Waals surface area contributed by atoms with E-state index in [0.717, 1.165) is 12.1 Å². The molecule has 0 aliphatic rings. The summed E-state index contributed by atoms with van der Waals surface area (Å²) in [7, 11) is 0. The number of esters is 1. The zero-order valence-corrected chi connectivity index (χ0v) is 9.96. The molecule has 1 aromatic rings. The van der Waals surface area contributed by atoms with Gasteiger partial charge in [0, 0.05) is 0 Å². The second kappa shape index (κ2) is 5.12. The molecule has 0 bridgehead atoms. The fourth-order valence-corrected chi connectivity index (χ4v) is 1.12. The average Bonchev–Trinajstić information content (AvgIpc) is 2.24. The molecule has 0 heterocycles. The van der Waals surface area contributed by atoms with Crippen molar-refractivity contribution >= 4 is 11.7 Å². The van der Waals surface area contributed by atoms with Gasteiger partial charge in [-0.3, -0.25) is 0 Å². The van der Waals surface area contributed by atoms with Crippen LogP contribution in [0.3, 0.4) is 0 Å². The van der Waals surface area contributed by atoms with E-state index in [2.05, 4.69) is 0 Å². The summed E-state index contributed by atoms with van der Waals surface area (Å²) in [5, 5.41) is 0. The number of ether oxygens (including phenoxy) is 1. The van der Waals surface area contributed by atoms with Crippen molar-refractivity contribution in [1.29, 1.82) is 0 Å². The third-order valence-electron chi connectivity index (χ3n) is 2.56. The summed E-state index contributed by atoms with van der Waals surface area (Å²) in [5.41, 5.74) is 4.25. The van der Waals surface area contributed by atoms with E-state index >= 15 is 0 Å². The lowest BCUT2D eigenvalue weighted by molar-refractivity contribution is 0.0227. The molecule has 0 aliphatic heterocycles. The maximum absolute atomic E-state index is 13.5. The van der Waals surface area contributed by atoms with Crippen LogP contribution in [0.1, 0.15) is 31.1 Å². The van der Waals surface area contributed by atoms with Crippen molar-refractivity contribution in [3.63, 3.8) is 0 Å². The lowest BCUT2D eigenvalue weighted by Gasteiger charge is -2.17. The summed E-state index contributed by atoms with van der Waals surface area (Å²) in [4.78, 5) is 11.6. The van der Waals surface area contributed by atoms with Crippen LogP contribution in [0.25, 0.3) is 0 Å². The van der Waals surface area contributed by atoms with Gasteiger partial charge in [0.15, 0.2) is 5.82 Å². The Kier molecular flexibility index (Phi) is 4.04. The highest BCUT2D eigenvalue weighted by atomic mass is 19.1. The number of benzene rings is 1. The predicted octanol–water partition coefficient (Wildman–Crippen LogP) is 2.75. The molecular weight excluding hydrogens is 228 g/mol. The minimum absolute atomic E-state index is 0.0612. The third-order valence-corrected chi connectivity index (χ3v) is 2.56. The Morgan fingerprint density at radius 3 is 2.41 bits per heavy atom. The zero-order chi connectivity index (χ0) is 13.2. The summed E-state index contributed by atoms with van der Waals surface area (Å²) in [5.74, 6) is -3.02. The van der Waals surface area contributed by atoms with Crippen LogP contribution in [0.5, 0.6) is 0 Å². The molecular formula is C12H15F2NO2. The monoisotopic (exact) mass is 243 g/mol. The first-order valence-corrected chi connectivity index (χ1v) is 5.29. The molecule has 2 N–H and O–H groups in total. The van der Waals surface area contributed by atoms with E-state index in [1.165, 1.54) is 0 Å². The van der Waals surface area contributed by atoms with Gasteiger partial charge < -0.3 is 10.5 Å². The molecule has 0 aromatic heterocycles. The van der Waals surface area contributed by atoms with Crippen molar-refractivity contribution in [3.8, 4) is 0 Å². The molecule has 0 radical (unpaired) electrons. The van der Waals surface area contributed by atoms with Gasteiger partial charge in [-0.1, -0.05) is 13.8 Å². The van der Waals surface area contributed by atoms with Crippen molar-refractivity contribution < 1.29 is 18.3 Å². The van der Waals surface area contributed by atoms with Gasteiger partial charge in [0.2, 0.25) is 0 Å². The van der Waals surface area contributed by atoms with Crippen molar-refractivity contribution in [2.75, 3.05) is 5.73 Å². The van der Waals surface area contributed by atoms with E-state index in [-0.39, 0.29) is 11.6 Å². The Bertz CT molecular complexity index is 433. The smallest absolute Gasteiger partial charge is 0.344 e. The molecule has 1 rings (SSSR count). The maximum Gasteiger partial charge on any atom is 0.344 e. The van der Waals surface area contributed by atoms with Gasteiger partial charge in [-0.15, -0.1) is 0 Å². The summed E-state index contributed by atoms with van der Waals surface area (Å²) in [6.07, 6.45) is -0.428. The van der Waals surface area contributed by atoms with Crippen molar-refractivity contribution in [2.24, 2.45) is 5.92 Å². The van der Waals surface area contributed by atoms with E-state index in [9.17, 15) is 13.6 Å². The van der Waals surface area contributed by atoms with Crippen LogP contribution in [0.15, 0.2) is 12.1 Å². The van der Waals surface area contributed by atoms with Crippen LogP contribution < -0.4 is 5.73 Å². The summed E-state index contributed by atoms with van der Waals surface area (Å²) < 4.78 is 31.8. The largest absolute Gasteiger partial charge is 0.459 e. The van der Waals surface area contributed by atoms with E-state index in [1.54, 1.807) is 6.92 Å². The van der Waals surface area contributed by atoms with Gasteiger partial charge in [0.1, 0.15) is 17.5 Å². The Morgan fingerprint density at radius 2 is 1.88 bits per heavy atom. The number of carbonyl (C=O) groups is 1. The number of carbonyl (C=O) groups excluding carboxylic acids is 1. The van der Waals surface area contributed by atoms with Gasteiger partial charge in [0.25, 0.3) is 0 Å². The second-order valence-corrected chi connectivity index (χ2v) is 4.18. The number of anilines is 1. The number of hydrogen-bond donors (Lipinski definition) is 1. The fraction of sp³-hybridized carbons (Fsp3) is 0.417. The first kappa shape index (κ1) is 13.4. The van der Waals surface area contributed by atoms with Crippen LogP contribution in [0.2, 0.25) is 0 Å². The molecule has 94 valence electrons. The SMILES string of the molecule is CC(C)C(C)OC(=O)c1c(F)ccc(N)c1F. The molecule has 5 heteroatoms. The Morgan fingerprint density at radius 1 is 1.29 bits per heavy atom. The molecule has 1 aromatic carbocycles. The van der Waals surface area contributed by atoms with E-state index in [4.69, 9.17) is 10.5 Å². The summed E-state index contributed by atoms with van der Waals surface area (Å²) in [6.45, 7) is 5.33. The molecule has 1 atom stereocenters. The normalized spacial score (nSPS) is 12.6. The van der Waals surface area contributed by atoms with Crippen LogP contribution in [0.4, 0.5) is 14.5 Å². The Labute approximate surface area is 98.6 Å². The zero-order valence-electron chi connectivity index (χ0n) is 9.96. The maximum atomic E-state index is 13.5. The van der Waals surface area contributed by atoms with E-state index < -0.39 is 29.3 Å². The highest BCUT2D eigenvalue weighted by Crippen LogP contribution is 2.20. The minimum Gasteiger partial charge on any atom is -0.459 e.